The predicted molar refractivity (Wildman–Crippen MR) is 81.6 cm³/mol. The number of hydrogen-bond donors (Lipinski definition) is 3. The molecule has 3 N–H and O–H groups in total. The van der Waals surface area contributed by atoms with Crippen LogP contribution in [0.5, 0.6) is 0 Å². The Balaban J connectivity index is 2.41. The van der Waals surface area contributed by atoms with Crippen LogP contribution in [0.25, 0.3) is 0 Å². The summed E-state index contributed by atoms with van der Waals surface area (Å²) in [5.41, 5.74) is 1.25. The molecule has 1 aromatic carbocycles. The zero-order chi connectivity index (χ0) is 15.0. The number of nitrogens with one attached hydrogen (secondary N) is 2. The number of hydrogen-bond acceptors (Lipinski definition) is 2. The summed E-state index contributed by atoms with van der Waals surface area (Å²) in [6, 6.07) is 9.86. The van der Waals surface area contributed by atoms with Crippen LogP contribution in [0.1, 0.15) is 32.8 Å². The second-order valence-electron chi connectivity index (χ2n) is 5.94. The van der Waals surface area contributed by atoms with Gasteiger partial charge in [0.25, 0.3) is 0 Å². The molecule has 1 atom stereocenters. The molecule has 1 rings (SSSR count). The van der Waals surface area contributed by atoms with Crippen molar-refractivity contribution in [1.82, 2.24) is 10.6 Å². The van der Waals surface area contributed by atoms with Gasteiger partial charge in [-0.2, -0.15) is 0 Å². The van der Waals surface area contributed by atoms with Crippen LogP contribution in [-0.4, -0.2) is 30.3 Å². The Morgan fingerprint density at radius 1 is 1.30 bits per heavy atom. The van der Waals surface area contributed by atoms with Crippen molar-refractivity contribution in [3.05, 3.63) is 35.9 Å². The van der Waals surface area contributed by atoms with E-state index < -0.39 is 0 Å². The van der Waals surface area contributed by atoms with Gasteiger partial charge in [0.15, 0.2) is 0 Å². The first-order valence-electron chi connectivity index (χ1n) is 7.16. The van der Waals surface area contributed by atoms with Crippen LogP contribution in [0.4, 0.5) is 4.79 Å². The second kappa shape index (κ2) is 7.90. The fourth-order valence-corrected chi connectivity index (χ4v) is 2.04. The summed E-state index contributed by atoms with van der Waals surface area (Å²) in [5.74, 6) is 0. The Bertz CT molecular complexity index is 400. The molecule has 0 aliphatic carbocycles. The molecule has 0 aromatic heterocycles. The Kier molecular flexibility index (Phi) is 6.52. The number of carbonyl (C=O) groups is 1. The van der Waals surface area contributed by atoms with E-state index in [1.54, 1.807) is 0 Å². The SMILES string of the molecule is CCC(CO)NC(=O)NCC(C)(C)Cc1ccccc1. The third kappa shape index (κ3) is 6.06. The monoisotopic (exact) mass is 278 g/mol. The summed E-state index contributed by atoms with van der Waals surface area (Å²) in [7, 11) is 0. The van der Waals surface area contributed by atoms with Crippen molar-refractivity contribution in [3.63, 3.8) is 0 Å². The number of amides is 2. The van der Waals surface area contributed by atoms with Gasteiger partial charge in [-0.05, 0) is 23.8 Å². The maximum atomic E-state index is 11.7. The highest BCUT2D eigenvalue weighted by molar-refractivity contribution is 5.74. The summed E-state index contributed by atoms with van der Waals surface area (Å²) in [4.78, 5) is 11.7. The molecule has 2 amide bonds. The van der Waals surface area contributed by atoms with Crippen LogP contribution in [0.2, 0.25) is 0 Å². The average Bonchev–Trinajstić information content (AvgIpc) is 2.43. The summed E-state index contributed by atoms with van der Waals surface area (Å²) < 4.78 is 0. The molecular formula is C16H26N2O2. The smallest absolute Gasteiger partial charge is 0.315 e. The lowest BCUT2D eigenvalue weighted by Crippen LogP contribution is -2.46. The van der Waals surface area contributed by atoms with Gasteiger partial charge in [0.1, 0.15) is 0 Å². The minimum absolute atomic E-state index is 0.0143. The van der Waals surface area contributed by atoms with Gasteiger partial charge in [-0.15, -0.1) is 0 Å². The molecule has 0 radical (unpaired) electrons. The number of benzene rings is 1. The van der Waals surface area contributed by atoms with E-state index in [2.05, 4.69) is 36.6 Å². The van der Waals surface area contributed by atoms with E-state index in [1.165, 1.54) is 5.56 Å². The molecular weight excluding hydrogens is 252 g/mol. The zero-order valence-corrected chi connectivity index (χ0v) is 12.6. The summed E-state index contributed by atoms with van der Waals surface area (Å²) in [5, 5.41) is 14.7. The van der Waals surface area contributed by atoms with Crippen LogP contribution in [0.15, 0.2) is 30.3 Å². The van der Waals surface area contributed by atoms with E-state index in [4.69, 9.17) is 5.11 Å². The molecule has 0 bridgehead atoms. The summed E-state index contributed by atoms with van der Waals surface area (Å²) >= 11 is 0. The molecule has 112 valence electrons. The number of aliphatic hydroxyl groups excluding tert-OH is 1. The standard InChI is InChI=1S/C16H26N2O2/c1-4-14(11-19)18-15(20)17-12-16(2,3)10-13-8-6-5-7-9-13/h5-9,14,19H,4,10-12H2,1-3H3,(H2,17,18,20). The van der Waals surface area contributed by atoms with Crippen LogP contribution < -0.4 is 10.6 Å². The predicted octanol–water partition coefficient (Wildman–Crippen LogP) is 2.33. The molecule has 1 aromatic rings. The lowest BCUT2D eigenvalue weighted by molar-refractivity contribution is 0.210. The van der Waals surface area contributed by atoms with Gasteiger partial charge in [-0.3, -0.25) is 0 Å². The van der Waals surface area contributed by atoms with Gasteiger partial charge in [-0.1, -0.05) is 51.1 Å². The van der Waals surface area contributed by atoms with Crippen molar-refractivity contribution >= 4 is 6.03 Å². The average molecular weight is 278 g/mol. The Hall–Kier alpha value is -1.55. The fourth-order valence-electron chi connectivity index (χ4n) is 2.04. The number of rotatable bonds is 7. The van der Waals surface area contributed by atoms with Gasteiger partial charge in [0.05, 0.1) is 12.6 Å². The van der Waals surface area contributed by atoms with E-state index in [0.717, 1.165) is 12.8 Å². The van der Waals surface area contributed by atoms with E-state index in [0.29, 0.717) is 6.54 Å². The van der Waals surface area contributed by atoms with Gasteiger partial charge in [-0.25, -0.2) is 4.79 Å². The molecule has 0 aliphatic heterocycles. The maximum Gasteiger partial charge on any atom is 0.315 e. The van der Waals surface area contributed by atoms with Gasteiger partial charge < -0.3 is 15.7 Å². The Morgan fingerprint density at radius 3 is 2.50 bits per heavy atom. The van der Waals surface area contributed by atoms with Gasteiger partial charge in [0, 0.05) is 6.54 Å². The molecule has 4 heteroatoms. The highest BCUT2D eigenvalue weighted by Gasteiger charge is 2.20. The molecule has 0 heterocycles. The van der Waals surface area contributed by atoms with E-state index >= 15 is 0 Å². The van der Waals surface area contributed by atoms with Gasteiger partial charge in [0.2, 0.25) is 0 Å². The van der Waals surface area contributed by atoms with Crippen LogP contribution in [0.3, 0.4) is 0 Å². The summed E-state index contributed by atoms with van der Waals surface area (Å²) in [6.07, 6.45) is 1.63. The van der Waals surface area contributed by atoms with Crippen LogP contribution in [0, 0.1) is 5.41 Å². The highest BCUT2D eigenvalue weighted by atomic mass is 16.3. The largest absolute Gasteiger partial charge is 0.394 e. The van der Waals surface area contributed by atoms with Crippen molar-refractivity contribution < 1.29 is 9.90 Å². The molecule has 20 heavy (non-hydrogen) atoms. The molecule has 0 fully saturated rings. The van der Waals surface area contributed by atoms with Crippen LogP contribution >= 0.6 is 0 Å². The molecule has 0 saturated carbocycles. The van der Waals surface area contributed by atoms with E-state index in [9.17, 15) is 4.79 Å². The van der Waals surface area contributed by atoms with Crippen molar-refractivity contribution in [2.24, 2.45) is 5.41 Å². The molecule has 1 unspecified atom stereocenters. The van der Waals surface area contributed by atoms with Crippen molar-refractivity contribution in [1.29, 1.82) is 0 Å². The summed E-state index contributed by atoms with van der Waals surface area (Å²) in [6.45, 7) is 6.75. The Morgan fingerprint density at radius 2 is 1.95 bits per heavy atom. The van der Waals surface area contributed by atoms with Crippen LogP contribution in [-0.2, 0) is 6.42 Å². The minimum Gasteiger partial charge on any atom is -0.394 e. The normalized spacial score (nSPS) is 12.8. The molecule has 0 saturated heterocycles. The van der Waals surface area contributed by atoms with Crippen molar-refractivity contribution in [2.45, 2.75) is 39.7 Å². The van der Waals surface area contributed by atoms with E-state index in [1.807, 2.05) is 25.1 Å². The first-order valence-corrected chi connectivity index (χ1v) is 7.16. The third-order valence-electron chi connectivity index (χ3n) is 3.30. The topological polar surface area (TPSA) is 61.4 Å². The Labute approximate surface area is 121 Å². The number of urea groups is 1. The lowest BCUT2D eigenvalue weighted by atomic mass is 9.86. The van der Waals surface area contributed by atoms with Crippen molar-refractivity contribution in [3.8, 4) is 0 Å². The third-order valence-corrected chi connectivity index (χ3v) is 3.30. The fraction of sp³-hybridized carbons (Fsp3) is 0.562. The maximum absolute atomic E-state index is 11.7. The number of carbonyl (C=O) groups excluding carboxylic acids is 1. The number of aliphatic hydroxyl groups is 1. The molecule has 0 spiro atoms. The van der Waals surface area contributed by atoms with Gasteiger partial charge >= 0.3 is 6.03 Å². The lowest BCUT2D eigenvalue weighted by Gasteiger charge is -2.26. The first-order chi connectivity index (χ1) is 9.46. The first kappa shape index (κ1) is 16.5. The van der Waals surface area contributed by atoms with E-state index in [-0.39, 0.29) is 24.1 Å². The minimum atomic E-state index is -0.216. The second-order valence-corrected chi connectivity index (χ2v) is 5.94. The van der Waals surface area contributed by atoms with Crippen molar-refractivity contribution in [2.75, 3.05) is 13.2 Å². The highest BCUT2D eigenvalue weighted by Crippen LogP contribution is 2.20. The quantitative estimate of drug-likeness (QED) is 0.717. The molecule has 0 aliphatic rings. The zero-order valence-electron chi connectivity index (χ0n) is 12.6. The molecule has 4 nitrogen and oxygen atoms in total.